The van der Waals surface area contributed by atoms with Crippen molar-refractivity contribution < 1.29 is 9.53 Å². The van der Waals surface area contributed by atoms with Crippen LogP contribution in [-0.2, 0) is 24.2 Å². The Hall–Kier alpha value is -2.37. The quantitative estimate of drug-likeness (QED) is 0.540. The van der Waals surface area contributed by atoms with E-state index >= 15 is 0 Å². The van der Waals surface area contributed by atoms with Gasteiger partial charge in [-0.3, -0.25) is 4.79 Å². The summed E-state index contributed by atoms with van der Waals surface area (Å²) in [5.74, 6) is 0.763. The standard InChI is InChI=1S/C22H23ClN2O2S/c1-3-16-4-10-20(11-5-16)27-13-22-25-19(14-28-22)12-21(26)24-15(2)17-6-8-18(23)9-7-17/h4-11,14-15H,3,12-13H2,1-2H3,(H,24,26)/t15-/m1/s1. The third kappa shape index (κ3) is 5.81. The van der Waals surface area contributed by atoms with Crippen LogP contribution in [0.1, 0.15) is 41.7 Å². The maximum atomic E-state index is 12.3. The molecule has 0 spiro atoms. The Morgan fingerprint density at radius 1 is 1.18 bits per heavy atom. The number of nitrogens with zero attached hydrogens (tertiary/aromatic N) is 1. The average molecular weight is 415 g/mol. The third-order valence-corrected chi connectivity index (χ3v) is 5.51. The van der Waals surface area contributed by atoms with Crippen molar-refractivity contribution >= 4 is 28.8 Å². The predicted octanol–water partition coefficient (Wildman–Crippen LogP) is 5.36. The number of benzene rings is 2. The van der Waals surface area contributed by atoms with Crippen molar-refractivity contribution in [1.29, 1.82) is 0 Å². The van der Waals surface area contributed by atoms with Gasteiger partial charge in [-0.1, -0.05) is 42.8 Å². The van der Waals surface area contributed by atoms with Crippen LogP contribution < -0.4 is 10.1 Å². The molecule has 0 fully saturated rings. The third-order valence-electron chi connectivity index (χ3n) is 4.38. The lowest BCUT2D eigenvalue weighted by molar-refractivity contribution is -0.121. The van der Waals surface area contributed by atoms with E-state index in [0.29, 0.717) is 11.6 Å². The summed E-state index contributed by atoms with van der Waals surface area (Å²) in [6.45, 7) is 4.48. The first-order valence-corrected chi connectivity index (χ1v) is 10.5. The molecule has 0 saturated heterocycles. The molecule has 146 valence electrons. The topological polar surface area (TPSA) is 51.2 Å². The summed E-state index contributed by atoms with van der Waals surface area (Å²) in [5.41, 5.74) is 3.05. The molecule has 1 heterocycles. The summed E-state index contributed by atoms with van der Waals surface area (Å²) in [6.07, 6.45) is 1.26. The number of aromatic nitrogens is 1. The zero-order chi connectivity index (χ0) is 19.9. The number of rotatable bonds is 8. The van der Waals surface area contributed by atoms with Gasteiger partial charge in [-0.2, -0.15) is 0 Å². The number of nitrogens with one attached hydrogen (secondary N) is 1. The lowest BCUT2D eigenvalue weighted by atomic mass is 10.1. The van der Waals surface area contributed by atoms with Gasteiger partial charge in [-0.05, 0) is 48.7 Å². The predicted molar refractivity (Wildman–Crippen MR) is 114 cm³/mol. The minimum absolute atomic E-state index is 0.0598. The average Bonchev–Trinajstić information content (AvgIpc) is 3.14. The van der Waals surface area contributed by atoms with Crippen LogP contribution in [0, 0.1) is 0 Å². The van der Waals surface area contributed by atoms with E-state index in [4.69, 9.17) is 16.3 Å². The number of aryl methyl sites for hydroxylation is 1. The molecule has 0 unspecified atom stereocenters. The highest BCUT2D eigenvalue weighted by molar-refractivity contribution is 7.09. The van der Waals surface area contributed by atoms with Crippen molar-refractivity contribution in [3.05, 3.63) is 80.8 Å². The molecular formula is C22H23ClN2O2S. The SMILES string of the molecule is CCc1ccc(OCc2nc(CC(=O)N[C@H](C)c3ccc(Cl)cc3)cs2)cc1. The number of ether oxygens (including phenoxy) is 1. The first kappa shape index (κ1) is 20.4. The molecule has 28 heavy (non-hydrogen) atoms. The van der Waals surface area contributed by atoms with E-state index in [1.807, 2.05) is 48.7 Å². The van der Waals surface area contributed by atoms with Gasteiger partial charge >= 0.3 is 0 Å². The second-order valence-corrected chi connectivity index (χ2v) is 7.92. The van der Waals surface area contributed by atoms with Gasteiger partial charge in [0.2, 0.25) is 5.91 Å². The molecule has 1 atom stereocenters. The van der Waals surface area contributed by atoms with E-state index in [1.54, 1.807) is 0 Å². The van der Waals surface area contributed by atoms with E-state index in [-0.39, 0.29) is 18.4 Å². The van der Waals surface area contributed by atoms with E-state index in [2.05, 4.69) is 29.4 Å². The van der Waals surface area contributed by atoms with Crippen LogP contribution in [-0.4, -0.2) is 10.9 Å². The van der Waals surface area contributed by atoms with E-state index in [9.17, 15) is 4.79 Å². The summed E-state index contributed by atoms with van der Waals surface area (Å²) < 4.78 is 5.78. The molecule has 0 aliphatic rings. The summed E-state index contributed by atoms with van der Waals surface area (Å²) in [6, 6.07) is 15.5. The van der Waals surface area contributed by atoms with Crippen LogP contribution >= 0.6 is 22.9 Å². The molecule has 1 amide bonds. The Balaban J connectivity index is 1.49. The molecule has 4 nitrogen and oxygen atoms in total. The van der Waals surface area contributed by atoms with Gasteiger partial charge in [0.15, 0.2) is 0 Å². The smallest absolute Gasteiger partial charge is 0.226 e. The van der Waals surface area contributed by atoms with Crippen LogP contribution in [0.25, 0.3) is 0 Å². The molecule has 3 rings (SSSR count). The van der Waals surface area contributed by atoms with Gasteiger partial charge in [0.05, 0.1) is 18.2 Å². The zero-order valence-corrected chi connectivity index (χ0v) is 17.5. The van der Waals surface area contributed by atoms with Crippen molar-refractivity contribution in [2.45, 2.75) is 39.3 Å². The number of carbonyl (C=O) groups excluding carboxylic acids is 1. The fourth-order valence-corrected chi connectivity index (χ4v) is 3.59. The molecule has 0 saturated carbocycles. The number of hydrogen-bond acceptors (Lipinski definition) is 4. The van der Waals surface area contributed by atoms with Crippen LogP contribution in [0.5, 0.6) is 5.75 Å². The Kier molecular flexibility index (Phi) is 7.06. The summed E-state index contributed by atoms with van der Waals surface area (Å²) in [7, 11) is 0. The van der Waals surface area contributed by atoms with E-state index in [1.165, 1.54) is 16.9 Å². The minimum atomic E-state index is -0.0858. The molecule has 2 aromatic carbocycles. The van der Waals surface area contributed by atoms with Crippen molar-refractivity contribution in [2.24, 2.45) is 0 Å². The molecular weight excluding hydrogens is 392 g/mol. The largest absolute Gasteiger partial charge is 0.486 e. The van der Waals surface area contributed by atoms with Gasteiger partial charge in [-0.25, -0.2) is 4.98 Å². The number of thiazole rings is 1. The second-order valence-electron chi connectivity index (χ2n) is 6.54. The molecule has 0 bridgehead atoms. The van der Waals surface area contributed by atoms with Crippen LogP contribution in [0.4, 0.5) is 0 Å². The Morgan fingerprint density at radius 3 is 2.57 bits per heavy atom. The molecule has 0 radical (unpaired) electrons. The summed E-state index contributed by atoms with van der Waals surface area (Å²) in [4.78, 5) is 16.8. The highest BCUT2D eigenvalue weighted by atomic mass is 35.5. The Morgan fingerprint density at radius 2 is 1.89 bits per heavy atom. The first-order valence-electron chi connectivity index (χ1n) is 9.23. The second kappa shape index (κ2) is 9.71. The monoisotopic (exact) mass is 414 g/mol. The van der Waals surface area contributed by atoms with Crippen LogP contribution in [0.15, 0.2) is 53.9 Å². The Labute approximate surface area is 174 Å². The van der Waals surface area contributed by atoms with Gasteiger partial charge in [0, 0.05) is 10.4 Å². The molecule has 0 aliphatic heterocycles. The number of halogens is 1. The zero-order valence-electron chi connectivity index (χ0n) is 15.9. The van der Waals surface area contributed by atoms with Crippen molar-refractivity contribution in [3.63, 3.8) is 0 Å². The van der Waals surface area contributed by atoms with Crippen molar-refractivity contribution in [1.82, 2.24) is 10.3 Å². The van der Waals surface area contributed by atoms with Crippen molar-refractivity contribution in [3.8, 4) is 5.75 Å². The summed E-state index contributed by atoms with van der Waals surface area (Å²) in [5, 5.41) is 6.44. The lowest BCUT2D eigenvalue weighted by Crippen LogP contribution is -2.28. The number of amides is 1. The molecule has 6 heteroatoms. The highest BCUT2D eigenvalue weighted by Gasteiger charge is 2.12. The molecule has 1 aromatic heterocycles. The molecule has 3 aromatic rings. The van der Waals surface area contributed by atoms with Crippen molar-refractivity contribution in [2.75, 3.05) is 0 Å². The number of hydrogen-bond donors (Lipinski definition) is 1. The van der Waals surface area contributed by atoms with E-state index in [0.717, 1.165) is 28.4 Å². The van der Waals surface area contributed by atoms with Gasteiger partial charge < -0.3 is 10.1 Å². The highest BCUT2D eigenvalue weighted by Crippen LogP contribution is 2.18. The van der Waals surface area contributed by atoms with E-state index < -0.39 is 0 Å². The normalized spacial score (nSPS) is 11.8. The molecule has 0 aliphatic carbocycles. The molecule has 1 N–H and O–H groups in total. The fourth-order valence-electron chi connectivity index (χ4n) is 2.75. The summed E-state index contributed by atoms with van der Waals surface area (Å²) >= 11 is 7.41. The fraction of sp³-hybridized carbons (Fsp3) is 0.273. The maximum absolute atomic E-state index is 12.3. The van der Waals surface area contributed by atoms with Crippen LogP contribution in [0.2, 0.25) is 5.02 Å². The van der Waals surface area contributed by atoms with Crippen LogP contribution in [0.3, 0.4) is 0 Å². The lowest BCUT2D eigenvalue weighted by Gasteiger charge is -2.14. The Bertz CT molecular complexity index is 907. The van der Waals surface area contributed by atoms with Gasteiger partial charge in [0.1, 0.15) is 17.4 Å². The van der Waals surface area contributed by atoms with Gasteiger partial charge in [-0.15, -0.1) is 11.3 Å². The number of carbonyl (C=O) groups is 1. The first-order chi connectivity index (χ1) is 13.5. The minimum Gasteiger partial charge on any atom is -0.486 e. The van der Waals surface area contributed by atoms with Gasteiger partial charge in [0.25, 0.3) is 0 Å². The maximum Gasteiger partial charge on any atom is 0.226 e.